The third-order valence-electron chi connectivity index (χ3n) is 7.09. The molecule has 2 amide bonds. The number of fused-ring (bicyclic) bond motifs is 4. The number of nitrogens with one attached hydrogen (secondary N) is 2. The van der Waals surface area contributed by atoms with Gasteiger partial charge in [-0.1, -0.05) is 18.2 Å². The summed E-state index contributed by atoms with van der Waals surface area (Å²) in [6.45, 7) is 4.85. The molecular weight excluding hydrogens is 478 g/mol. The Balaban J connectivity index is 1.28. The van der Waals surface area contributed by atoms with Crippen LogP contribution in [0.1, 0.15) is 57.6 Å². The summed E-state index contributed by atoms with van der Waals surface area (Å²) in [7, 11) is 0. The molecule has 0 saturated carbocycles. The summed E-state index contributed by atoms with van der Waals surface area (Å²) in [5, 5.41) is 9.65. The lowest BCUT2D eigenvalue weighted by molar-refractivity contribution is 0.0953. The molecule has 0 bridgehead atoms. The third kappa shape index (κ3) is 4.04. The first-order valence-corrected chi connectivity index (χ1v) is 12.8. The molecule has 3 heterocycles. The zero-order chi connectivity index (χ0) is 26.2. The van der Waals surface area contributed by atoms with Crippen molar-refractivity contribution in [3.63, 3.8) is 0 Å². The zero-order valence-corrected chi connectivity index (χ0v) is 21.2. The highest BCUT2D eigenvalue weighted by Crippen LogP contribution is 2.33. The molecule has 6 rings (SSSR count). The van der Waals surface area contributed by atoms with Crippen LogP contribution in [0.3, 0.4) is 0 Å². The van der Waals surface area contributed by atoms with Crippen LogP contribution in [-0.4, -0.2) is 27.1 Å². The van der Waals surface area contributed by atoms with Gasteiger partial charge in [0.05, 0.1) is 11.3 Å². The van der Waals surface area contributed by atoms with Crippen LogP contribution in [-0.2, 0) is 13.0 Å². The maximum atomic E-state index is 13.3. The Morgan fingerprint density at radius 2 is 1.87 bits per heavy atom. The number of aryl methyl sites for hydroxylation is 2. The molecule has 190 valence electrons. The van der Waals surface area contributed by atoms with Crippen molar-refractivity contribution < 1.29 is 14.0 Å². The molecular formula is C30H27N5O3. The van der Waals surface area contributed by atoms with Gasteiger partial charge in [0, 0.05) is 64.0 Å². The smallest absolute Gasteiger partial charge is 0.291 e. The average molecular weight is 506 g/mol. The van der Waals surface area contributed by atoms with E-state index in [1.165, 1.54) is 11.7 Å². The van der Waals surface area contributed by atoms with Crippen LogP contribution in [0, 0.1) is 6.92 Å². The van der Waals surface area contributed by atoms with E-state index >= 15 is 0 Å². The molecule has 0 radical (unpaired) electrons. The summed E-state index contributed by atoms with van der Waals surface area (Å²) in [6.07, 6.45) is 5.31. The number of hydrogen-bond acceptors (Lipinski definition) is 5. The van der Waals surface area contributed by atoms with Crippen LogP contribution in [0.2, 0.25) is 0 Å². The summed E-state index contributed by atoms with van der Waals surface area (Å²) in [4.78, 5) is 29.8. The molecule has 2 aromatic carbocycles. The number of benzene rings is 2. The second kappa shape index (κ2) is 9.63. The number of amides is 2. The minimum atomic E-state index is -0.336. The Labute approximate surface area is 219 Å². The summed E-state index contributed by atoms with van der Waals surface area (Å²) in [5.41, 5.74) is 8.27. The predicted octanol–water partition coefficient (Wildman–Crippen LogP) is 5.83. The lowest BCUT2D eigenvalue weighted by Crippen LogP contribution is -2.22. The Morgan fingerprint density at radius 1 is 1.03 bits per heavy atom. The summed E-state index contributed by atoms with van der Waals surface area (Å²) < 4.78 is 8.32. The Bertz CT molecular complexity index is 1730. The monoisotopic (exact) mass is 505 g/mol. The van der Waals surface area contributed by atoms with Gasteiger partial charge in [0.15, 0.2) is 5.76 Å². The van der Waals surface area contributed by atoms with Crippen molar-refractivity contribution in [2.24, 2.45) is 5.10 Å². The molecule has 2 N–H and O–H groups in total. The topological polar surface area (TPSA) is 102 Å². The van der Waals surface area contributed by atoms with E-state index in [-0.39, 0.29) is 17.6 Å². The summed E-state index contributed by atoms with van der Waals surface area (Å²) >= 11 is 0. The van der Waals surface area contributed by atoms with Gasteiger partial charge in [0.2, 0.25) is 0 Å². The fourth-order valence-corrected chi connectivity index (χ4v) is 5.34. The third-order valence-corrected chi connectivity index (χ3v) is 7.09. The van der Waals surface area contributed by atoms with E-state index in [2.05, 4.69) is 44.5 Å². The van der Waals surface area contributed by atoms with Crippen molar-refractivity contribution in [3.8, 4) is 0 Å². The number of pyridine rings is 1. The van der Waals surface area contributed by atoms with E-state index in [1.807, 2.05) is 37.3 Å². The van der Waals surface area contributed by atoms with E-state index < -0.39 is 0 Å². The highest BCUT2D eigenvalue weighted by atomic mass is 16.4. The maximum Gasteiger partial charge on any atom is 0.291 e. The number of furan rings is 1. The molecule has 0 saturated heterocycles. The van der Waals surface area contributed by atoms with E-state index in [4.69, 9.17) is 4.42 Å². The summed E-state index contributed by atoms with van der Waals surface area (Å²) in [6, 6.07) is 17.7. The van der Waals surface area contributed by atoms with Gasteiger partial charge < -0.3 is 14.3 Å². The number of anilines is 1. The molecule has 1 aliphatic rings. The SMILES string of the molecule is CCn1c2ccccc2c2cc(NC(=O)c3oc4c(c3C)/C(=N/NC(=O)c3cccnc3)CCC4)ccc21. The largest absolute Gasteiger partial charge is 0.455 e. The first kappa shape index (κ1) is 23.7. The number of rotatable bonds is 5. The van der Waals surface area contributed by atoms with Gasteiger partial charge in [-0.3, -0.25) is 14.6 Å². The molecule has 8 nitrogen and oxygen atoms in total. The molecule has 1 aliphatic carbocycles. The lowest BCUT2D eigenvalue weighted by Gasteiger charge is -2.13. The molecule has 0 atom stereocenters. The Kier molecular flexibility index (Phi) is 5.99. The van der Waals surface area contributed by atoms with E-state index in [0.29, 0.717) is 29.8 Å². The standard InChI is InChI=1S/C30H27N5O3/c1-3-35-24-11-5-4-9-21(24)22-16-20(13-14-25(22)35)32-30(37)28-18(2)27-23(10-6-12-26(27)38-28)33-34-29(36)19-8-7-15-31-17-19/h4-5,7-9,11,13-17H,3,6,10,12H2,1-2H3,(H,32,37)(H,34,36)/b33-23+. The fourth-order valence-electron chi connectivity index (χ4n) is 5.34. The molecule has 38 heavy (non-hydrogen) atoms. The number of hydrazone groups is 1. The van der Waals surface area contributed by atoms with Gasteiger partial charge in [0.1, 0.15) is 5.76 Å². The maximum absolute atomic E-state index is 13.3. The van der Waals surface area contributed by atoms with Crippen LogP contribution in [0.4, 0.5) is 5.69 Å². The predicted molar refractivity (Wildman–Crippen MR) is 148 cm³/mol. The number of nitrogens with zero attached hydrogens (tertiary/aromatic N) is 3. The second-order valence-electron chi connectivity index (χ2n) is 9.40. The van der Waals surface area contributed by atoms with Crippen molar-refractivity contribution in [1.29, 1.82) is 0 Å². The van der Waals surface area contributed by atoms with Crippen LogP contribution in [0.25, 0.3) is 21.8 Å². The van der Waals surface area contributed by atoms with Crippen molar-refractivity contribution >= 4 is 45.0 Å². The number of carbonyl (C=O) groups excluding carboxylic acids is 2. The normalized spacial score (nSPS) is 14.1. The number of carbonyl (C=O) groups is 2. The van der Waals surface area contributed by atoms with Crippen LogP contribution in [0.15, 0.2) is 76.5 Å². The van der Waals surface area contributed by atoms with Crippen LogP contribution >= 0.6 is 0 Å². The molecule has 0 aliphatic heterocycles. The van der Waals surface area contributed by atoms with Gasteiger partial charge in [-0.15, -0.1) is 0 Å². The van der Waals surface area contributed by atoms with E-state index in [9.17, 15) is 9.59 Å². The zero-order valence-electron chi connectivity index (χ0n) is 21.2. The molecule has 0 spiro atoms. The number of aromatic nitrogens is 2. The van der Waals surface area contributed by atoms with Gasteiger partial charge in [0.25, 0.3) is 11.8 Å². The van der Waals surface area contributed by atoms with Gasteiger partial charge >= 0.3 is 0 Å². The van der Waals surface area contributed by atoms with E-state index in [0.717, 1.165) is 46.1 Å². The molecule has 0 fully saturated rings. The Hall–Kier alpha value is -4.72. The van der Waals surface area contributed by atoms with Crippen LogP contribution in [0.5, 0.6) is 0 Å². The first-order chi connectivity index (χ1) is 18.5. The average Bonchev–Trinajstić information content (AvgIpc) is 3.46. The first-order valence-electron chi connectivity index (χ1n) is 12.8. The van der Waals surface area contributed by atoms with Crippen molar-refractivity contribution in [1.82, 2.24) is 15.0 Å². The van der Waals surface area contributed by atoms with Gasteiger partial charge in [-0.05, 0) is 63.1 Å². The molecule has 3 aromatic heterocycles. The highest BCUT2D eigenvalue weighted by Gasteiger charge is 2.28. The quantitative estimate of drug-likeness (QED) is 0.293. The fraction of sp³-hybridized carbons (Fsp3) is 0.200. The van der Waals surface area contributed by atoms with Crippen LogP contribution < -0.4 is 10.7 Å². The minimum absolute atomic E-state index is 0.263. The highest BCUT2D eigenvalue weighted by molar-refractivity contribution is 6.12. The lowest BCUT2D eigenvalue weighted by atomic mass is 9.93. The number of hydrogen-bond donors (Lipinski definition) is 2. The van der Waals surface area contributed by atoms with Crippen molar-refractivity contribution in [3.05, 3.63) is 95.2 Å². The molecule has 8 heteroatoms. The van der Waals surface area contributed by atoms with Crippen molar-refractivity contribution in [2.75, 3.05) is 5.32 Å². The second-order valence-corrected chi connectivity index (χ2v) is 9.40. The molecule has 0 unspecified atom stereocenters. The minimum Gasteiger partial charge on any atom is -0.455 e. The van der Waals surface area contributed by atoms with Crippen molar-refractivity contribution in [2.45, 2.75) is 39.7 Å². The Morgan fingerprint density at radius 3 is 2.68 bits per heavy atom. The van der Waals surface area contributed by atoms with Gasteiger partial charge in [-0.2, -0.15) is 5.10 Å². The van der Waals surface area contributed by atoms with Gasteiger partial charge in [-0.25, -0.2) is 5.43 Å². The number of para-hydroxylation sites is 1. The summed E-state index contributed by atoms with van der Waals surface area (Å²) in [5.74, 6) is 0.333. The van der Waals surface area contributed by atoms with E-state index in [1.54, 1.807) is 18.3 Å². The molecule has 5 aromatic rings.